The summed E-state index contributed by atoms with van der Waals surface area (Å²) in [4.78, 5) is 7.33. The number of fused-ring (bicyclic) bond motifs is 2. The second-order valence-electron chi connectivity index (χ2n) is 6.97. The number of aromatic nitrogens is 4. The Bertz CT molecular complexity index is 1010. The van der Waals surface area contributed by atoms with Crippen LogP contribution in [-0.2, 0) is 6.54 Å². The molecule has 0 spiro atoms. The van der Waals surface area contributed by atoms with Crippen molar-refractivity contribution in [2.24, 2.45) is 0 Å². The average Bonchev–Trinajstić information content (AvgIpc) is 3.14. The van der Waals surface area contributed by atoms with Crippen LogP contribution in [-0.4, -0.2) is 38.0 Å². The Morgan fingerprint density at radius 3 is 2.15 bits per heavy atom. The normalized spacial score (nSPS) is 15.7. The second kappa shape index (κ2) is 6.50. The highest BCUT2D eigenvalue weighted by Gasteiger charge is 2.18. The summed E-state index contributed by atoms with van der Waals surface area (Å²) < 4.78 is 2.01. The van der Waals surface area contributed by atoms with Gasteiger partial charge in [-0.1, -0.05) is 48.0 Å². The minimum absolute atomic E-state index is 0.887. The van der Waals surface area contributed by atoms with Crippen molar-refractivity contribution < 1.29 is 0 Å². The first kappa shape index (κ1) is 15.5. The van der Waals surface area contributed by atoms with Crippen molar-refractivity contribution in [2.75, 3.05) is 13.1 Å². The molecule has 2 aromatic carbocycles. The molecule has 1 saturated heterocycles. The molecule has 3 heterocycles. The van der Waals surface area contributed by atoms with Gasteiger partial charge in [-0.15, -0.1) is 5.10 Å². The van der Waals surface area contributed by atoms with Gasteiger partial charge in [-0.25, -0.2) is 9.67 Å². The standard InChI is InChI=1S/C21H21N5/c1-6-12-25(13-7-1)15-16-14-22-24-26(16)21-17-8-2-4-10-19(17)23-20-11-5-3-9-18(20)21/h2-5,8-11,14H,1,6-7,12-13,15H2. The molecule has 0 aliphatic carbocycles. The topological polar surface area (TPSA) is 46.8 Å². The molecular weight excluding hydrogens is 322 g/mol. The van der Waals surface area contributed by atoms with Crippen LogP contribution in [0, 0.1) is 0 Å². The third-order valence-electron chi connectivity index (χ3n) is 5.23. The molecule has 1 aliphatic rings. The van der Waals surface area contributed by atoms with Crippen LogP contribution < -0.4 is 0 Å². The molecule has 1 fully saturated rings. The number of pyridine rings is 1. The summed E-state index contributed by atoms with van der Waals surface area (Å²) in [7, 11) is 0. The van der Waals surface area contributed by atoms with Crippen molar-refractivity contribution in [1.29, 1.82) is 0 Å². The Balaban J connectivity index is 1.70. The van der Waals surface area contributed by atoms with Gasteiger partial charge in [-0.05, 0) is 38.1 Å². The monoisotopic (exact) mass is 343 g/mol. The first-order valence-electron chi connectivity index (χ1n) is 9.30. The van der Waals surface area contributed by atoms with Gasteiger partial charge in [0.05, 0.1) is 28.6 Å². The minimum Gasteiger partial charge on any atom is -0.297 e. The Hall–Kier alpha value is -2.79. The summed E-state index contributed by atoms with van der Waals surface area (Å²) in [6, 6.07) is 16.5. The van der Waals surface area contributed by atoms with Gasteiger partial charge in [0.2, 0.25) is 0 Å². The lowest BCUT2D eigenvalue weighted by molar-refractivity contribution is 0.217. The van der Waals surface area contributed by atoms with E-state index in [1.165, 1.54) is 19.3 Å². The molecule has 26 heavy (non-hydrogen) atoms. The van der Waals surface area contributed by atoms with E-state index in [1.807, 2.05) is 23.0 Å². The zero-order chi connectivity index (χ0) is 17.3. The van der Waals surface area contributed by atoms with Gasteiger partial charge in [0, 0.05) is 17.3 Å². The van der Waals surface area contributed by atoms with Gasteiger partial charge in [-0.3, -0.25) is 4.90 Å². The van der Waals surface area contributed by atoms with Crippen LogP contribution in [0.3, 0.4) is 0 Å². The Morgan fingerprint density at radius 2 is 1.46 bits per heavy atom. The molecule has 1 aliphatic heterocycles. The molecule has 0 bridgehead atoms. The number of likely N-dealkylation sites (tertiary alicyclic amines) is 1. The fraction of sp³-hybridized carbons (Fsp3) is 0.286. The lowest BCUT2D eigenvalue weighted by atomic mass is 10.1. The number of benzene rings is 2. The highest BCUT2D eigenvalue weighted by atomic mass is 15.4. The van der Waals surface area contributed by atoms with E-state index in [2.05, 4.69) is 51.6 Å². The number of hydrogen-bond donors (Lipinski definition) is 0. The lowest BCUT2D eigenvalue weighted by Crippen LogP contribution is -2.30. The predicted octanol–water partition coefficient (Wildman–Crippen LogP) is 3.95. The van der Waals surface area contributed by atoms with E-state index >= 15 is 0 Å². The van der Waals surface area contributed by atoms with Crippen LogP contribution >= 0.6 is 0 Å². The minimum atomic E-state index is 0.887. The summed E-state index contributed by atoms with van der Waals surface area (Å²) in [5, 5.41) is 10.9. The summed E-state index contributed by atoms with van der Waals surface area (Å²) in [6.07, 6.45) is 5.80. The molecule has 0 amide bonds. The van der Waals surface area contributed by atoms with E-state index < -0.39 is 0 Å². The van der Waals surface area contributed by atoms with E-state index in [4.69, 9.17) is 4.98 Å². The van der Waals surface area contributed by atoms with E-state index in [0.29, 0.717) is 0 Å². The van der Waals surface area contributed by atoms with E-state index in [1.54, 1.807) is 0 Å². The molecule has 5 rings (SSSR count). The lowest BCUT2D eigenvalue weighted by Gasteiger charge is -2.26. The first-order valence-corrected chi connectivity index (χ1v) is 9.30. The molecule has 4 aromatic rings. The summed E-state index contributed by atoms with van der Waals surface area (Å²) in [5.74, 6) is 0. The van der Waals surface area contributed by atoms with Gasteiger partial charge >= 0.3 is 0 Å². The molecule has 130 valence electrons. The zero-order valence-electron chi connectivity index (χ0n) is 14.7. The molecule has 2 aromatic heterocycles. The molecule has 0 atom stereocenters. The van der Waals surface area contributed by atoms with Gasteiger partial charge in [0.25, 0.3) is 0 Å². The second-order valence-corrected chi connectivity index (χ2v) is 6.97. The molecular formula is C21H21N5. The smallest absolute Gasteiger partial charge is 0.0855 e. The van der Waals surface area contributed by atoms with Crippen LogP contribution in [0.4, 0.5) is 0 Å². The fourth-order valence-electron chi connectivity index (χ4n) is 3.94. The van der Waals surface area contributed by atoms with Gasteiger partial charge in [-0.2, -0.15) is 0 Å². The highest BCUT2D eigenvalue weighted by Crippen LogP contribution is 2.29. The van der Waals surface area contributed by atoms with Crippen LogP contribution in [0.2, 0.25) is 0 Å². The van der Waals surface area contributed by atoms with Crippen LogP contribution in [0.5, 0.6) is 0 Å². The molecule has 0 unspecified atom stereocenters. The maximum absolute atomic E-state index is 4.82. The molecule has 0 N–H and O–H groups in total. The molecule has 0 saturated carbocycles. The summed E-state index contributed by atoms with van der Waals surface area (Å²) in [6.45, 7) is 3.20. The van der Waals surface area contributed by atoms with Gasteiger partial charge in [0.1, 0.15) is 0 Å². The summed E-state index contributed by atoms with van der Waals surface area (Å²) >= 11 is 0. The maximum atomic E-state index is 4.82. The molecule has 0 radical (unpaired) electrons. The number of piperidine rings is 1. The Kier molecular flexibility index (Phi) is 3.87. The molecule has 5 heteroatoms. The number of rotatable bonds is 3. The van der Waals surface area contributed by atoms with Crippen molar-refractivity contribution in [3.05, 3.63) is 60.4 Å². The van der Waals surface area contributed by atoms with Crippen molar-refractivity contribution in [2.45, 2.75) is 25.8 Å². The van der Waals surface area contributed by atoms with Crippen LogP contribution in [0.15, 0.2) is 54.7 Å². The first-order chi connectivity index (χ1) is 12.9. The Labute approximate surface area is 152 Å². The SMILES string of the molecule is c1ccc2c(-n3nncc3CN3CCCCC3)c3ccccc3nc2c1. The fourth-order valence-corrected chi connectivity index (χ4v) is 3.94. The number of nitrogens with zero attached hydrogens (tertiary/aromatic N) is 5. The van der Waals surface area contributed by atoms with Crippen molar-refractivity contribution in [3.8, 4) is 5.69 Å². The maximum Gasteiger partial charge on any atom is 0.0855 e. The summed E-state index contributed by atoms with van der Waals surface area (Å²) in [5.41, 5.74) is 4.19. The van der Waals surface area contributed by atoms with Crippen molar-refractivity contribution >= 4 is 21.8 Å². The van der Waals surface area contributed by atoms with Crippen molar-refractivity contribution in [3.63, 3.8) is 0 Å². The predicted molar refractivity (Wildman–Crippen MR) is 103 cm³/mol. The largest absolute Gasteiger partial charge is 0.297 e. The molecule has 5 nitrogen and oxygen atoms in total. The third-order valence-corrected chi connectivity index (χ3v) is 5.23. The third kappa shape index (κ3) is 2.65. The number of hydrogen-bond acceptors (Lipinski definition) is 4. The van der Waals surface area contributed by atoms with Crippen molar-refractivity contribution in [1.82, 2.24) is 24.9 Å². The zero-order valence-corrected chi connectivity index (χ0v) is 14.7. The van der Waals surface area contributed by atoms with Crippen LogP contribution in [0.25, 0.3) is 27.5 Å². The quantitative estimate of drug-likeness (QED) is 0.528. The Morgan fingerprint density at radius 1 is 0.808 bits per heavy atom. The van der Waals surface area contributed by atoms with E-state index in [-0.39, 0.29) is 0 Å². The van der Waals surface area contributed by atoms with E-state index in [0.717, 1.165) is 52.8 Å². The van der Waals surface area contributed by atoms with Gasteiger partial charge < -0.3 is 0 Å². The van der Waals surface area contributed by atoms with Crippen LogP contribution in [0.1, 0.15) is 25.0 Å². The number of para-hydroxylation sites is 2. The van der Waals surface area contributed by atoms with E-state index in [9.17, 15) is 0 Å². The highest BCUT2D eigenvalue weighted by molar-refractivity contribution is 6.03. The van der Waals surface area contributed by atoms with Gasteiger partial charge in [0.15, 0.2) is 0 Å². The average molecular weight is 343 g/mol.